The molecule has 0 bridgehead atoms. The van der Waals surface area contributed by atoms with Crippen LogP contribution in [0.15, 0.2) is 12.3 Å². The van der Waals surface area contributed by atoms with Gasteiger partial charge in [-0.1, -0.05) is 12.8 Å². The summed E-state index contributed by atoms with van der Waals surface area (Å²) in [6.45, 7) is 7.49. The second kappa shape index (κ2) is 10.5. The molecule has 6 N–H and O–H groups in total. The van der Waals surface area contributed by atoms with E-state index < -0.39 is 5.54 Å². The monoisotopic (exact) mass is 483 g/mol. The van der Waals surface area contributed by atoms with Gasteiger partial charge in [-0.2, -0.15) is 5.10 Å². The van der Waals surface area contributed by atoms with E-state index in [1.807, 2.05) is 30.6 Å². The third-order valence-electron chi connectivity index (χ3n) is 8.52. The average molecular weight is 484 g/mol. The fourth-order valence-electron chi connectivity index (χ4n) is 6.06. The van der Waals surface area contributed by atoms with Gasteiger partial charge in [-0.3, -0.25) is 4.79 Å². The summed E-state index contributed by atoms with van der Waals surface area (Å²) in [6, 6.07) is 2.00. The van der Waals surface area contributed by atoms with Crippen LogP contribution in [-0.4, -0.2) is 49.6 Å². The van der Waals surface area contributed by atoms with Crippen LogP contribution in [0.4, 0.5) is 0 Å². The summed E-state index contributed by atoms with van der Waals surface area (Å²) in [5, 5.41) is 4.86. The number of hydrogen-bond donors (Lipinski definition) is 3. The van der Waals surface area contributed by atoms with Crippen molar-refractivity contribution in [2.75, 3.05) is 13.1 Å². The van der Waals surface area contributed by atoms with E-state index in [2.05, 4.69) is 11.8 Å². The first-order chi connectivity index (χ1) is 16.6. The van der Waals surface area contributed by atoms with Crippen molar-refractivity contribution in [1.29, 1.82) is 0 Å². The molecule has 1 saturated heterocycles. The Balaban J connectivity index is 1.64. The highest BCUT2D eigenvalue weighted by Gasteiger charge is 2.44. The Morgan fingerprint density at radius 3 is 2.69 bits per heavy atom. The first-order valence-corrected chi connectivity index (χ1v) is 13.6. The Bertz CT molecular complexity index is 993. The van der Waals surface area contributed by atoms with Crippen molar-refractivity contribution >= 4 is 11.6 Å². The number of likely N-dealkylation sites (tertiary alicyclic amines) is 1. The molecule has 2 aromatic heterocycles. The van der Waals surface area contributed by atoms with Gasteiger partial charge in [0.1, 0.15) is 0 Å². The Morgan fingerprint density at radius 2 is 1.91 bits per heavy atom. The van der Waals surface area contributed by atoms with Crippen molar-refractivity contribution in [2.45, 2.75) is 109 Å². The topological polar surface area (TPSA) is 129 Å². The van der Waals surface area contributed by atoms with Gasteiger partial charge in [0, 0.05) is 35.6 Å². The number of aryl methyl sites for hydroxylation is 2. The summed E-state index contributed by atoms with van der Waals surface area (Å²) in [7, 11) is 0. The lowest BCUT2D eigenvalue weighted by Gasteiger charge is -2.45. The van der Waals surface area contributed by atoms with Crippen LogP contribution in [0.3, 0.4) is 0 Å². The molecule has 1 amide bonds. The van der Waals surface area contributed by atoms with Gasteiger partial charge in [-0.25, -0.2) is 9.50 Å². The number of nitrogens with zero attached hydrogens (tertiary/aromatic N) is 4. The Kier molecular flexibility index (Phi) is 7.83. The highest BCUT2D eigenvalue weighted by molar-refractivity contribution is 5.81. The maximum absolute atomic E-state index is 14.3. The van der Waals surface area contributed by atoms with Crippen molar-refractivity contribution in [2.24, 2.45) is 23.1 Å². The molecule has 4 atom stereocenters. The number of amides is 1. The third-order valence-corrected chi connectivity index (χ3v) is 8.52. The lowest BCUT2D eigenvalue weighted by atomic mass is 9.70. The molecule has 1 aliphatic carbocycles. The normalized spacial score (nSPS) is 29.1. The summed E-state index contributed by atoms with van der Waals surface area (Å²) in [6.07, 6.45) is 12.1. The van der Waals surface area contributed by atoms with Crippen molar-refractivity contribution < 1.29 is 4.79 Å². The molecule has 0 aromatic carbocycles. The molecule has 4 rings (SSSR count). The van der Waals surface area contributed by atoms with Crippen LogP contribution >= 0.6 is 0 Å². The number of nitrogens with two attached hydrogens (primary N) is 3. The van der Waals surface area contributed by atoms with E-state index in [0.29, 0.717) is 6.54 Å². The lowest BCUT2D eigenvalue weighted by molar-refractivity contribution is -0.143. The van der Waals surface area contributed by atoms with E-state index in [-0.39, 0.29) is 23.4 Å². The van der Waals surface area contributed by atoms with Gasteiger partial charge in [-0.05, 0) is 90.7 Å². The number of aromatic nitrogens is 3. The minimum Gasteiger partial charge on any atom is -0.334 e. The Labute approximate surface area is 210 Å². The van der Waals surface area contributed by atoms with E-state index >= 15 is 0 Å². The maximum atomic E-state index is 14.3. The molecular weight excluding hydrogens is 438 g/mol. The standard InChI is InChI=1S/C27H45N7O/c1-19-18-34-24(31-20(19)2)17-22(32-34)23-10-4-7-16-33(23)25(35)21(9-8-15-28)27(30)12-6-5-11-26(3,29)13-14-27/h17-18,21,23H,4-16,28-30H2,1-3H3/t21?,23-,26?,27?/m0/s1. The number of carbonyl (C=O) groups excluding carboxylic acids is 1. The molecule has 2 fully saturated rings. The Morgan fingerprint density at radius 1 is 1.14 bits per heavy atom. The van der Waals surface area contributed by atoms with Crippen LogP contribution in [-0.2, 0) is 4.79 Å². The SMILES string of the molecule is Cc1cn2nc([C@@H]3CCCCN3C(=O)C(CCCN)C3(N)CCCCC(C)(N)CC3)cc2nc1C. The minimum atomic E-state index is -0.552. The number of rotatable bonds is 6. The van der Waals surface area contributed by atoms with E-state index in [9.17, 15) is 4.79 Å². The van der Waals surface area contributed by atoms with Gasteiger partial charge in [0.15, 0.2) is 5.65 Å². The highest BCUT2D eigenvalue weighted by Crippen LogP contribution is 2.39. The summed E-state index contributed by atoms with van der Waals surface area (Å²) < 4.78 is 1.85. The van der Waals surface area contributed by atoms with Crippen molar-refractivity contribution in [1.82, 2.24) is 19.5 Å². The van der Waals surface area contributed by atoms with Crippen molar-refractivity contribution in [3.63, 3.8) is 0 Å². The molecule has 3 unspecified atom stereocenters. The van der Waals surface area contributed by atoms with E-state index in [0.717, 1.165) is 99.8 Å². The fraction of sp³-hybridized carbons (Fsp3) is 0.741. The molecule has 8 heteroatoms. The molecule has 8 nitrogen and oxygen atoms in total. The van der Waals surface area contributed by atoms with Gasteiger partial charge < -0.3 is 22.1 Å². The summed E-state index contributed by atoms with van der Waals surface area (Å²) in [5.74, 6) is -0.0810. The predicted molar refractivity (Wildman–Crippen MR) is 140 cm³/mol. The minimum absolute atomic E-state index is 0.0455. The van der Waals surface area contributed by atoms with Crippen LogP contribution in [0.1, 0.15) is 101 Å². The zero-order chi connectivity index (χ0) is 25.2. The second-order valence-corrected chi connectivity index (χ2v) is 11.5. The van der Waals surface area contributed by atoms with Gasteiger partial charge in [-0.15, -0.1) is 0 Å². The number of hydrogen-bond acceptors (Lipinski definition) is 6. The zero-order valence-electron chi connectivity index (χ0n) is 21.9. The van der Waals surface area contributed by atoms with Crippen molar-refractivity contribution in [3.05, 3.63) is 29.2 Å². The number of fused-ring (bicyclic) bond motifs is 1. The highest BCUT2D eigenvalue weighted by atomic mass is 16.2. The van der Waals surface area contributed by atoms with Crippen LogP contribution in [0.2, 0.25) is 0 Å². The van der Waals surface area contributed by atoms with Gasteiger partial charge in [0.25, 0.3) is 0 Å². The molecule has 0 spiro atoms. The smallest absolute Gasteiger partial charge is 0.228 e. The van der Waals surface area contributed by atoms with Crippen LogP contribution in [0.5, 0.6) is 0 Å². The van der Waals surface area contributed by atoms with E-state index in [1.165, 1.54) is 0 Å². The molecule has 35 heavy (non-hydrogen) atoms. The maximum Gasteiger partial charge on any atom is 0.228 e. The molecule has 1 saturated carbocycles. The van der Waals surface area contributed by atoms with Gasteiger partial charge in [0.2, 0.25) is 5.91 Å². The van der Waals surface area contributed by atoms with E-state index in [4.69, 9.17) is 27.3 Å². The van der Waals surface area contributed by atoms with E-state index in [1.54, 1.807) is 0 Å². The predicted octanol–water partition coefficient (Wildman–Crippen LogP) is 3.52. The summed E-state index contributed by atoms with van der Waals surface area (Å²) in [4.78, 5) is 21.1. The van der Waals surface area contributed by atoms with Crippen LogP contribution < -0.4 is 17.2 Å². The number of piperidine rings is 1. The quantitative estimate of drug-likeness (QED) is 0.576. The lowest BCUT2D eigenvalue weighted by Crippen LogP contribution is -2.57. The third kappa shape index (κ3) is 5.70. The Hall–Kier alpha value is -2.03. The molecule has 3 heterocycles. The summed E-state index contributed by atoms with van der Waals surface area (Å²) >= 11 is 0. The second-order valence-electron chi connectivity index (χ2n) is 11.5. The zero-order valence-corrected chi connectivity index (χ0v) is 21.9. The van der Waals surface area contributed by atoms with Gasteiger partial charge in [0.05, 0.1) is 17.7 Å². The summed E-state index contributed by atoms with van der Waals surface area (Å²) in [5.41, 5.74) is 22.7. The van der Waals surface area contributed by atoms with Crippen LogP contribution in [0, 0.1) is 19.8 Å². The molecular formula is C27H45N7O. The van der Waals surface area contributed by atoms with Crippen LogP contribution in [0.25, 0.3) is 5.65 Å². The molecule has 0 radical (unpaired) electrons. The van der Waals surface area contributed by atoms with Crippen molar-refractivity contribution in [3.8, 4) is 0 Å². The molecule has 2 aliphatic rings. The molecule has 2 aromatic rings. The first-order valence-electron chi connectivity index (χ1n) is 13.6. The van der Waals surface area contributed by atoms with Gasteiger partial charge >= 0.3 is 0 Å². The fourth-order valence-corrected chi connectivity index (χ4v) is 6.06. The first kappa shape index (κ1) is 26.0. The number of carbonyl (C=O) groups is 1. The largest absolute Gasteiger partial charge is 0.334 e. The average Bonchev–Trinajstić information content (AvgIpc) is 3.23. The molecule has 194 valence electrons. The molecule has 1 aliphatic heterocycles.